The number of amides is 1. The average molecular weight is 249 g/mol. The van der Waals surface area contributed by atoms with Crippen molar-refractivity contribution in [2.45, 2.75) is 33.2 Å². The number of benzene rings is 1. The minimum atomic E-state index is -0.452. The molecule has 1 aromatic carbocycles. The standard InChI is InChI=1S/C13H17N2O3/c1-3-11(4-2)13(16)14-9-10-6-5-7-12(8-10)15(17)18/h5-8,11H,3-4,9H2,1-2H3. The van der Waals surface area contributed by atoms with E-state index in [1.165, 1.54) is 12.1 Å². The third-order valence-corrected chi connectivity index (χ3v) is 2.87. The quantitative estimate of drug-likeness (QED) is 0.574. The summed E-state index contributed by atoms with van der Waals surface area (Å²) >= 11 is 0. The van der Waals surface area contributed by atoms with Gasteiger partial charge in [-0.2, -0.15) is 0 Å². The summed E-state index contributed by atoms with van der Waals surface area (Å²) in [5.41, 5.74) is 0.709. The van der Waals surface area contributed by atoms with E-state index in [-0.39, 0.29) is 24.1 Å². The van der Waals surface area contributed by atoms with Crippen LogP contribution in [0.2, 0.25) is 0 Å². The first-order valence-electron chi connectivity index (χ1n) is 6.03. The molecule has 0 saturated carbocycles. The predicted molar refractivity (Wildman–Crippen MR) is 68.0 cm³/mol. The van der Waals surface area contributed by atoms with E-state index < -0.39 is 4.92 Å². The summed E-state index contributed by atoms with van der Waals surface area (Å²) in [7, 11) is 0. The van der Waals surface area contributed by atoms with E-state index in [4.69, 9.17) is 0 Å². The summed E-state index contributed by atoms with van der Waals surface area (Å²) in [6, 6.07) is 6.21. The molecule has 0 fully saturated rings. The maximum atomic E-state index is 11.7. The van der Waals surface area contributed by atoms with Gasteiger partial charge in [0.1, 0.15) is 0 Å². The Balaban J connectivity index is 2.61. The third-order valence-electron chi connectivity index (χ3n) is 2.87. The van der Waals surface area contributed by atoms with E-state index in [1.807, 2.05) is 13.8 Å². The van der Waals surface area contributed by atoms with Gasteiger partial charge >= 0.3 is 0 Å². The molecule has 0 aliphatic carbocycles. The Kier molecular flexibility index (Phi) is 5.30. The molecule has 1 radical (unpaired) electrons. The fourth-order valence-corrected chi connectivity index (χ4v) is 1.70. The Morgan fingerprint density at radius 1 is 1.39 bits per heavy atom. The van der Waals surface area contributed by atoms with Crippen LogP contribution < -0.4 is 5.32 Å². The van der Waals surface area contributed by atoms with Crippen LogP contribution in [0.25, 0.3) is 0 Å². The maximum absolute atomic E-state index is 11.7. The molecule has 0 saturated heterocycles. The van der Waals surface area contributed by atoms with Crippen molar-refractivity contribution in [2.75, 3.05) is 0 Å². The SMILES string of the molecule is CCC(CC)C(=O)[N]Cc1cccc([N+](=O)[O-])c1. The lowest BCUT2D eigenvalue weighted by Crippen LogP contribution is -2.23. The smallest absolute Gasteiger partial charge is 0.269 e. The van der Waals surface area contributed by atoms with Gasteiger partial charge in [-0.3, -0.25) is 14.9 Å². The summed E-state index contributed by atoms with van der Waals surface area (Å²) in [5, 5.41) is 14.6. The van der Waals surface area contributed by atoms with Crippen LogP contribution in [-0.2, 0) is 11.3 Å². The zero-order chi connectivity index (χ0) is 13.5. The molecule has 0 N–H and O–H groups in total. The van der Waals surface area contributed by atoms with Gasteiger partial charge in [0.2, 0.25) is 5.91 Å². The molecular weight excluding hydrogens is 232 g/mol. The molecule has 0 aliphatic rings. The third kappa shape index (κ3) is 3.84. The van der Waals surface area contributed by atoms with Crippen molar-refractivity contribution in [1.29, 1.82) is 0 Å². The van der Waals surface area contributed by atoms with Crippen LogP contribution in [0.5, 0.6) is 0 Å². The monoisotopic (exact) mass is 249 g/mol. The molecule has 0 bridgehead atoms. The number of non-ortho nitro benzene ring substituents is 1. The largest absolute Gasteiger partial charge is 0.273 e. The van der Waals surface area contributed by atoms with Gasteiger partial charge < -0.3 is 0 Å². The second-order valence-electron chi connectivity index (χ2n) is 4.09. The molecule has 5 heteroatoms. The van der Waals surface area contributed by atoms with E-state index in [2.05, 4.69) is 5.32 Å². The molecule has 0 aromatic heterocycles. The molecule has 1 amide bonds. The zero-order valence-corrected chi connectivity index (χ0v) is 10.6. The first-order chi connectivity index (χ1) is 8.58. The number of nitrogens with zero attached hydrogens (tertiary/aromatic N) is 2. The molecule has 97 valence electrons. The second-order valence-corrected chi connectivity index (χ2v) is 4.09. The average Bonchev–Trinajstić information content (AvgIpc) is 2.38. The highest BCUT2D eigenvalue weighted by Gasteiger charge is 2.15. The van der Waals surface area contributed by atoms with Gasteiger partial charge in [0.15, 0.2) is 0 Å². The van der Waals surface area contributed by atoms with Crippen LogP contribution in [0.1, 0.15) is 32.3 Å². The summed E-state index contributed by atoms with van der Waals surface area (Å²) < 4.78 is 0. The van der Waals surface area contributed by atoms with Crippen molar-refractivity contribution >= 4 is 11.6 Å². The van der Waals surface area contributed by atoms with Crippen molar-refractivity contribution in [3.8, 4) is 0 Å². The van der Waals surface area contributed by atoms with Crippen molar-refractivity contribution in [2.24, 2.45) is 5.92 Å². The van der Waals surface area contributed by atoms with E-state index in [0.29, 0.717) is 5.56 Å². The van der Waals surface area contributed by atoms with Gasteiger partial charge in [0.05, 0.1) is 11.5 Å². The molecule has 0 aliphatic heterocycles. The fraction of sp³-hybridized carbons (Fsp3) is 0.462. The molecule has 5 nitrogen and oxygen atoms in total. The first-order valence-corrected chi connectivity index (χ1v) is 6.03. The lowest BCUT2D eigenvalue weighted by Gasteiger charge is -2.10. The van der Waals surface area contributed by atoms with Crippen LogP contribution in [0, 0.1) is 16.0 Å². The molecule has 0 unspecified atom stereocenters. The number of carbonyl (C=O) groups excluding carboxylic acids is 1. The molecule has 0 spiro atoms. The summed E-state index contributed by atoms with van der Waals surface area (Å²) in [4.78, 5) is 21.8. The lowest BCUT2D eigenvalue weighted by molar-refractivity contribution is -0.384. The molecule has 0 heterocycles. The van der Waals surface area contributed by atoms with Gasteiger partial charge in [-0.05, 0) is 18.4 Å². The molecular formula is C13H17N2O3. The summed E-state index contributed by atoms with van der Waals surface area (Å²) in [5.74, 6) is -0.157. The normalized spacial score (nSPS) is 10.4. The number of nitro benzene ring substituents is 1. The molecule has 0 atom stereocenters. The zero-order valence-electron chi connectivity index (χ0n) is 10.6. The number of hydrogen-bond acceptors (Lipinski definition) is 3. The Labute approximate surface area is 106 Å². The highest BCUT2D eigenvalue weighted by atomic mass is 16.6. The highest BCUT2D eigenvalue weighted by Crippen LogP contribution is 2.14. The molecule has 1 rings (SSSR count). The van der Waals surface area contributed by atoms with E-state index >= 15 is 0 Å². The van der Waals surface area contributed by atoms with Crippen LogP contribution in [0.15, 0.2) is 24.3 Å². The lowest BCUT2D eigenvalue weighted by atomic mass is 10.0. The van der Waals surface area contributed by atoms with Gasteiger partial charge in [-0.25, -0.2) is 5.32 Å². The highest BCUT2D eigenvalue weighted by molar-refractivity contribution is 5.78. The van der Waals surface area contributed by atoms with Gasteiger partial charge in [0, 0.05) is 18.1 Å². The van der Waals surface area contributed by atoms with Crippen LogP contribution in [-0.4, -0.2) is 10.8 Å². The number of nitro groups is 1. The van der Waals surface area contributed by atoms with Crippen LogP contribution >= 0.6 is 0 Å². The number of hydrogen-bond donors (Lipinski definition) is 0. The van der Waals surface area contributed by atoms with Crippen LogP contribution in [0.3, 0.4) is 0 Å². The Morgan fingerprint density at radius 3 is 2.61 bits per heavy atom. The second kappa shape index (κ2) is 6.74. The number of carbonyl (C=O) groups is 1. The first kappa shape index (κ1) is 14.2. The van der Waals surface area contributed by atoms with Crippen molar-refractivity contribution in [1.82, 2.24) is 5.32 Å². The minimum Gasteiger partial charge on any atom is -0.273 e. The van der Waals surface area contributed by atoms with Crippen molar-refractivity contribution in [3.63, 3.8) is 0 Å². The van der Waals surface area contributed by atoms with Crippen LogP contribution in [0.4, 0.5) is 5.69 Å². The van der Waals surface area contributed by atoms with Gasteiger partial charge in [-0.15, -0.1) is 0 Å². The Morgan fingerprint density at radius 2 is 2.06 bits per heavy atom. The predicted octanol–water partition coefficient (Wildman–Crippen LogP) is 2.66. The van der Waals surface area contributed by atoms with E-state index in [9.17, 15) is 14.9 Å². The van der Waals surface area contributed by atoms with Gasteiger partial charge in [0.25, 0.3) is 5.69 Å². The fourth-order valence-electron chi connectivity index (χ4n) is 1.70. The Hall–Kier alpha value is -1.91. The Bertz CT molecular complexity index is 428. The minimum absolute atomic E-state index is 0.0256. The van der Waals surface area contributed by atoms with Crippen molar-refractivity contribution < 1.29 is 9.72 Å². The summed E-state index contributed by atoms with van der Waals surface area (Å²) in [6.07, 6.45) is 1.54. The van der Waals surface area contributed by atoms with E-state index in [0.717, 1.165) is 12.8 Å². The van der Waals surface area contributed by atoms with Gasteiger partial charge in [-0.1, -0.05) is 26.0 Å². The summed E-state index contributed by atoms with van der Waals surface area (Å²) in [6.45, 7) is 4.11. The molecule has 1 aromatic rings. The molecule has 18 heavy (non-hydrogen) atoms. The maximum Gasteiger partial charge on any atom is 0.269 e. The number of rotatable bonds is 6. The van der Waals surface area contributed by atoms with E-state index in [1.54, 1.807) is 12.1 Å². The van der Waals surface area contributed by atoms with Crippen molar-refractivity contribution in [3.05, 3.63) is 39.9 Å². The topological polar surface area (TPSA) is 74.3 Å².